The van der Waals surface area contributed by atoms with Crippen LogP contribution in [-0.2, 0) is 19.1 Å². The Labute approximate surface area is 58.4 Å². The SMILES string of the molecule is CC(=O)O/C=C/OC(C)=O. The highest BCUT2D eigenvalue weighted by molar-refractivity contribution is 5.67. The number of hydrogen-bond acceptors (Lipinski definition) is 4. The second kappa shape index (κ2) is 4.55. The van der Waals surface area contributed by atoms with Crippen molar-refractivity contribution < 1.29 is 19.1 Å². The zero-order valence-corrected chi connectivity index (χ0v) is 5.79. The number of esters is 2. The van der Waals surface area contributed by atoms with Crippen molar-refractivity contribution in [2.75, 3.05) is 0 Å². The van der Waals surface area contributed by atoms with Crippen molar-refractivity contribution in [1.82, 2.24) is 0 Å². The lowest BCUT2D eigenvalue weighted by Crippen LogP contribution is -1.93. The van der Waals surface area contributed by atoms with Gasteiger partial charge < -0.3 is 9.47 Å². The van der Waals surface area contributed by atoms with Crippen molar-refractivity contribution in [1.29, 1.82) is 0 Å². The van der Waals surface area contributed by atoms with Crippen molar-refractivity contribution in [2.24, 2.45) is 0 Å². The minimum atomic E-state index is -0.455. The Balaban J connectivity index is 3.38. The smallest absolute Gasteiger partial charge is 0.307 e. The van der Waals surface area contributed by atoms with Gasteiger partial charge in [0.15, 0.2) is 0 Å². The standard InChI is InChI=1S/C6H8O4/c1-5(7)9-3-4-10-6(2)8/h3-4H,1-2H3/b4-3+. The maximum atomic E-state index is 10.1. The summed E-state index contributed by atoms with van der Waals surface area (Å²) >= 11 is 0. The summed E-state index contributed by atoms with van der Waals surface area (Å²) in [4.78, 5) is 20.1. The summed E-state index contributed by atoms with van der Waals surface area (Å²) in [6, 6.07) is 0. The van der Waals surface area contributed by atoms with Gasteiger partial charge in [-0.15, -0.1) is 0 Å². The molecule has 0 N–H and O–H groups in total. The van der Waals surface area contributed by atoms with Gasteiger partial charge in [0.25, 0.3) is 0 Å². The van der Waals surface area contributed by atoms with Crippen molar-refractivity contribution in [3.8, 4) is 0 Å². The maximum absolute atomic E-state index is 10.1. The molecule has 0 aliphatic carbocycles. The molecule has 4 nitrogen and oxygen atoms in total. The van der Waals surface area contributed by atoms with Crippen molar-refractivity contribution in [3.05, 3.63) is 12.5 Å². The van der Waals surface area contributed by atoms with Crippen LogP contribution in [0.4, 0.5) is 0 Å². The predicted octanol–water partition coefficient (Wildman–Crippen LogP) is 0.584. The first-order valence-corrected chi connectivity index (χ1v) is 2.62. The fourth-order valence-corrected chi connectivity index (χ4v) is 0.247. The second-order valence-electron chi connectivity index (χ2n) is 1.49. The molecular formula is C6H8O4. The summed E-state index contributed by atoms with van der Waals surface area (Å²) < 4.78 is 8.59. The van der Waals surface area contributed by atoms with E-state index in [1.54, 1.807) is 0 Å². The number of rotatable bonds is 2. The first-order chi connectivity index (χ1) is 4.63. The third-order valence-corrected chi connectivity index (χ3v) is 0.524. The van der Waals surface area contributed by atoms with Gasteiger partial charge in [0.05, 0.1) is 0 Å². The van der Waals surface area contributed by atoms with E-state index in [-0.39, 0.29) is 0 Å². The molecule has 0 heterocycles. The van der Waals surface area contributed by atoms with Gasteiger partial charge in [-0.1, -0.05) is 0 Å². The fraction of sp³-hybridized carbons (Fsp3) is 0.333. The minimum Gasteiger partial charge on any atom is -0.431 e. The number of hydrogen-bond donors (Lipinski definition) is 0. The molecule has 0 spiro atoms. The highest BCUT2D eigenvalue weighted by Gasteiger charge is 1.86. The van der Waals surface area contributed by atoms with Gasteiger partial charge in [0.1, 0.15) is 12.5 Å². The lowest BCUT2D eigenvalue weighted by atomic mass is 10.8. The highest BCUT2D eigenvalue weighted by Crippen LogP contribution is 1.81. The summed E-state index contributed by atoms with van der Waals surface area (Å²) in [5.74, 6) is -0.910. The van der Waals surface area contributed by atoms with Crippen molar-refractivity contribution >= 4 is 11.9 Å². The van der Waals surface area contributed by atoms with Crippen LogP contribution in [0.2, 0.25) is 0 Å². The van der Waals surface area contributed by atoms with E-state index in [0.717, 1.165) is 12.5 Å². The molecule has 0 bridgehead atoms. The van der Waals surface area contributed by atoms with Crippen LogP contribution >= 0.6 is 0 Å². The number of carbonyl (C=O) groups excluding carboxylic acids is 2. The van der Waals surface area contributed by atoms with Crippen LogP contribution in [0.5, 0.6) is 0 Å². The molecule has 0 saturated heterocycles. The molecule has 0 aliphatic rings. The van der Waals surface area contributed by atoms with E-state index in [2.05, 4.69) is 9.47 Å². The van der Waals surface area contributed by atoms with Gasteiger partial charge in [0, 0.05) is 13.8 Å². The lowest BCUT2D eigenvalue weighted by Gasteiger charge is -1.90. The zero-order valence-electron chi connectivity index (χ0n) is 5.79. The molecule has 0 rings (SSSR count). The molecule has 0 aromatic carbocycles. The quantitative estimate of drug-likeness (QED) is 0.420. The van der Waals surface area contributed by atoms with Gasteiger partial charge >= 0.3 is 11.9 Å². The Bertz CT molecular complexity index is 141. The monoisotopic (exact) mass is 144 g/mol. The molecule has 0 atom stereocenters. The van der Waals surface area contributed by atoms with E-state index in [4.69, 9.17) is 0 Å². The largest absolute Gasteiger partial charge is 0.431 e. The first kappa shape index (κ1) is 8.68. The van der Waals surface area contributed by atoms with E-state index in [9.17, 15) is 9.59 Å². The topological polar surface area (TPSA) is 52.6 Å². The molecule has 10 heavy (non-hydrogen) atoms. The Morgan fingerprint density at radius 1 is 1.00 bits per heavy atom. The highest BCUT2D eigenvalue weighted by atomic mass is 16.6. The molecule has 0 aromatic rings. The third kappa shape index (κ3) is 6.68. The second-order valence-corrected chi connectivity index (χ2v) is 1.49. The minimum absolute atomic E-state index is 0.455. The van der Waals surface area contributed by atoms with E-state index in [1.807, 2.05) is 0 Å². The fourth-order valence-electron chi connectivity index (χ4n) is 0.247. The van der Waals surface area contributed by atoms with E-state index in [1.165, 1.54) is 13.8 Å². The summed E-state index contributed by atoms with van der Waals surface area (Å²) in [6.45, 7) is 2.50. The van der Waals surface area contributed by atoms with Crippen molar-refractivity contribution in [2.45, 2.75) is 13.8 Å². The van der Waals surface area contributed by atoms with Crippen LogP contribution in [0, 0.1) is 0 Å². The molecule has 0 radical (unpaired) electrons. The van der Waals surface area contributed by atoms with E-state index < -0.39 is 11.9 Å². The Morgan fingerprint density at radius 3 is 1.50 bits per heavy atom. The Hall–Kier alpha value is -1.32. The Kier molecular flexibility index (Phi) is 3.95. The summed E-state index contributed by atoms with van der Waals surface area (Å²) in [6.07, 6.45) is 2.01. The van der Waals surface area contributed by atoms with Gasteiger partial charge in [-0.05, 0) is 0 Å². The predicted molar refractivity (Wildman–Crippen MR) is 32.7 cm³/mol. The zero-order chi connectivity index (χ0) is 7.98. The maximum Gasteiger partial charge on any atom is 0.307 e. The summed E-state index contributed by atoms with van der Waals surface area (Å²) in [7, 11) is 0. The Morgan fingerprint density at radius 2 is 1.30 bits per heavy atom. The van der Waals surface area contributed by atoms with Crippen LogP contribution in [-0.4, -0.2) is 11.9 Å². The van der Waals surface area contributed by atoms with Gasteiger partial charge in [-0.25, -0.2) is 0 Å². The molecule has 0 amide bonds. The van der Waals surface area contributed by atoms with Crippen LogP contribution in [0.15, 0.2) is 12.5 Å². The van der Waals surface area contributed by atoms with Gasteiger partial charge in [-0.3, -0.25) is 9.59 Å². The summed E-state index contributed by atoms with van der Waals surface area (Å²) in [5.41, 5.74) is 0. The molecule has 0 fully saturated rings. The number of carbonyl (C=O) groups is 2. The average Bonchev–Trinajstić information content (AvgIpc) is 1.79. The molecule has 0 aromatic heterocycles. The molecule has 0 unspecified atom stereocenters. The molecular weight excluding hydrogens is 136 g/mol. The van der Waals surface area contributed by atoms with E-state index >= 15 is 0 Å². The van der Waals surface area contributed by atoms with Crippen molar-refractivity contribution in [3.63, 3.8) is 0 Å². The van der Waals surface area contributed by atoms with Gasteiger partial charge in [-0.2, -0.15) is 0 Å². The molecule has 4 heteroatoms. The summed E-state index contributed by atoms with van der Waals surface area (Å²) in [5, 5.41) is 0. The first-order valence-electron chi connectivity index (χ1n) is 2.62. The average molecular weight is 144 g/mol. The normalized spacial score (nSPS) is 9.40. The van der Waals surface area contributed by atoms with Gasteiger partial charge in [0.2, 0.25) is 0 Å². The van der Waals surface area contributed by atoms with Crippen LogP contribution in [0.3, 0.4) is 0 Å². The molecule has 56 valence electrons. The van der Waals surface area contributed by atoms with Crippen LogP contribution < -0.4 is 0 Å². The lowest BCUT2D eigenvalue weighted by molar-refractivity contribution is -0.138. The number of ether oxygens (including phenoxy) is 2. The van der Waals surface area contributed by atoms with Crippen LogP contribution in [0.1, 0.15) is 13.8 Å². The third-order valence-electron chi connectivity index (χ3n) is 0.524. The molecule has 0 aliphatic heterocycles. The van der Waals surface area contributed by atoms with Crippen LogP contribution in [0.25, 0.3) is 0 Å². The van der Waals surface area contributed by atoms with E-state index in [0.29, 0.717) is 0 Å². The molecule has 0 saturated carbocycles.